The molecule has 0 aromatic carbocycles. The third-order valence-electron chi connectivity index (χ3n) is 13.4. The lowest BCUT2D eigenvalue weighted by Crippen LogP contribution is -2.47. The Kier molecular flexibility index (Phi) is 56.0. The van der Waals surface area contributed by atoms with Gasteiger partial charge in [0.1, 0.15) is 18.8 Å². The minimum atomic E-state index is -1.03. The monoisotopic (exact) mass is 1230 g/mol. The Labute approximate surface area is 547 Å². The molecule has 0 aliphatic carbocycles. The molecule has 0 aromatic rings. The van der Waals surface area contributed by atoms with Crippen molar-refractivity contribution in [1.29, 1.82) is 0 Å². The second-order valence-electron chi connectivity index (χ2n) is 20.9. The van der Waals surface area contributed by atoms with Crippen molar-refractivity contribution < 1.29 is 30.0 Å². The Morgan fingerprint density at radius 1 is 0.416 bits per heavy atom. The summed E-state index contributed by atoms with van der Waals surface area (Å²) >= 11 is 0. The number of terminal acetylenes is 2. The minimum absolute atomic E-state index is 0.173. The van der Waals surface area contributed by atoms with Crippen molar-refractivity contribution in [2.24, 2.45) is 0 Å². The lowest BCUT2D eigenvalue weighted by molar-refractivity contribution is -0.144. The first-order chi connectivity index (χ1) is 43.7. The summed E-state index contributed by atoms with van der Waals surface area (Å²) in [6, 6.07) is 0. The number of carbonyl (C=O) groups is 1. The van der Waals surface area contributed by atoms with Gasteiger partial charge in [-0.2, -0.15) is 0 Å². The zero-order chi connectivity index (χ0) is 64.4. The number of piperazine rings is 1. The zero-order valence-corrected chi connectivity index (χ0v) is 54.7. The van der Waals surface area contributed by atoms with Gasteiger partial charge in [-0.1, -0.05) is 150 Å². The van der Waals surface area contributed by atoms with Gasteiger partial charge in [0.15, 0.2) is 0 Å². The number of ether oxygens (including phenoxy) is 1. The van der Waals surface area contributed by atoms with Gasteiger partial charge >= 0.3 is 5.97 Å². The highest BCUT2D eigenvalue weighted by molar-refractivity contribution is 8.76. The van der Waals surface area contributed by atoms with Gasteiger partial charge < -0.3 is 30.1 Å². The molecule has 0 radical (unpaired) electrons. The number of rotatable bonds is 43. The van der Waals surface area contributed by atoms with E-state index in [9.17, 15) is 25.2 Å². The summed E-state index contributed by atoms with van der Waals surface area (Å²) < 4.78 is 5.70. The fourth-order valence-corrected chi connectivity index (χ4v) is 11.1. The summed E-state index contributed by atoms with van der Waals surface area (Å²) in [5.41, 5.74) is 0. The molecule has 12 heteroatoms. The molecule has 0 spiro atoms. The second kappa shape index (κ2) is 62.4. The standard InChI is InChI=1S/C77H92N4O6S2/c1-5-9-13-17-21-25-27-29-31-33-35-39-43-47-53-73(82)69-80(70-74(83)54-48-44-40-36-34-32-30-28-26-22-18-14-10-6-2)58-49-50-67-88-89-68-52-60-78-61-63-79(64-62-78)65-66-87-77(86)57-51-59-81(71-75(84)55-45-41-37-23-19-15-11-7-3)72-76(85)56-46-42-38-24-20-16-12-8-4/h1-2,73-76,82-85H,7-8,11-12,15-16,19-20,23-24,37-38,41-42,45-46,49-52,55-72H2,3-4H3. The van der Waals surface area contributed by atoms with Crippen molar-refractivity contribution in [3.63, 3.8) is 0 Å². The summed E-state index contributed by atoms with van der Waals surface area (Å²) in [7, 11) is 3.74. The minimum Gasteiger partial charge on any atom is -0.464 e. The van der Waals surface area contributed by atoms with Gasteiger partial charge in [0, 0.05) is 76.8 Å². The molecular weight excluding hydrogens is 1140 g/mol. The number of hydrogen-bond donors (Lipinski definition) is 4. The van der Waals surface area contributed by atoms with Gasteiger partial charge in [0.05, 0.1) is 12.2 Å². The van der Waals surface area contributed by atoms with Crippen LogP contribution in [0.3, 0.4) is 0 Å². The third kappa shape index (κ3) is 55.8. The largest absolute Gasteiger partial charge is 0.464 e. The maximum absolute atomic E-state index is 12.8. The number of esters is 1. The van der Waals surface area contributed by atoms with E-state index in [1.54, 1.807) is 0 Å². The molecule has 10 nitrogen and oxygen atoms in total. The van der Waals surface area contributed by atoms with Crippen LogP contribution in [0.4, 0.5) is 0 Å². The molecule has 1 heterocycles. The van der Waals surface area contributed by atoms with E-state index < -0.39 is 24.4 Å². The highest BCUT2D eigenvalue weighted by Gasteiger charge is 2.19. The summed E-state index contributed by atoms with van der Waals surface area (Å²) in [5.74, 6) is 77.0. The average Bonchev–Trinajstić information content (AvgIpc) is 3.62. The normalized spacial score (nSPS) is 12.1. The van der Waals surface area contributed by atoms with Crippen molar-refractivity contribution in [2.75, 3.05) is 96.6 Å². The molecule has 89 heavy (non-hydrogen) atoms. The first-order valence-electron chi connectivity index (χ1n) is 31.6. The predicted octanol–water partition coefficient (Wildman–Crippen LogP) is 7.90. The van der Waals surface area contributed by atoms with Crippen LogP contribution in [0, 0.1) is 190 Å². The first kappa shape index (κ1) is 79.8. The van der Waals surface area contributed by atoms with Crippen LogP contribution in [-0.4, -0.2) is 167 Å². The molecule has 1 aliphatic heterocycles. The van der Waals surface area contributed by atoms with E-state index in [1.165, 1.54) is 77.0 Å². The van der Waals surface area contributed by atoms with Crippen LogP contribution in [0.2, 0.25) is 0 Å². The van der Waals surface area contributed by atoms with Gasteiger partial charge in [0.2, 0.25) is 0 Å². The van der Waals surface area contributed by atoms with Gasteiger partial charge in [-0.25, -0.2) is 0 Å². The van der Waals surface area contributed by atoms with Crippen molar-refractivity contribution in [1.82, 2.24) is 19.6 Å². The van der Waals surface area contributed by atoms with Crippen LogP contribution in [-0.2, 0) is 9.53 Å². The Morgan fingerprint density at radius 2 is 0.753 bits per heavy atom. The molecule has 4 atom stereocenters. The van der Waals surface area contributed by atoms with E-state index in [0.29, 0.717) is 45.6 Å². The Morgan fingerprint density at radius 3 is 1.16 bits per heavy atom. The predicted molar refractivity (Wildman–Crippen MR) is 370 cm³/mol. The van der Waals surface area contributed by atoms with Gasteiger partial charge in [0.25, 0.3) is 0 Å². The van der Waals surface area contributed by atoms with Crippen LogP contribution in [0.5, 0.6) is 0 Å². The highest BCUT2D eigenvalue weighted by atomic mass is 33.1. The average molecular weight is 1230 g/mol. The number of nitrogens with zero attached hydrogens (tertiary/aromatic N) is 4. The van der Waals surface area contributed by atoms with Crippen molar-refractivity contribution >= 4 is 27.6 Å². The van der Waals surface area contributed by atoms with Crippen LogP contribution in [0.25, 0.3) is 0 Å². The third-order valence-corrected chi connectivity index (χ3v) is 16.0. The van der Waals surface area contributed by atoms with Crippen LogP contribution in [0.1, 0.15) is 162 Å². The maximum atomic E-state index is 12.8. The van der Waals surface area contributed by atoms with E-state index in [1.807, 2.05) is 26.5 Å². The number of carbonyl (C=O) groups excluding carboxylic acids is 1. The molecule has 1 saturated heterocycles. The summed E-state index contributed by atoms with van der Waals surface area (Å²) in [4.78, 5) is 21.8. The summed E-state index contributed by atoms with van der Waals surface area (Å²) in [6.45, 7) is 13.2. The van der Waals surface area contributed by atoms with Crippen LogP contribution < -0.4 is 0 Å². The second-order valence-corrected chi connectivity index (χ2v) is 23.6. The topological polar surface area (TPSA) is 120 Å². The van der Waals surface area contributed by atoms with E-state index >= 15 is 0 Å². The van der Waals surface area contributed by atoms with Gasteiger partial charge in [-0.3, -0.25) is 19.5 Å². The summed E-state index contributed by atoms with van der Waals surface area (Å²) in [5, 5.41) is 43.5. The van der Waals surface area contributed by atoms with Crippen LogP contribution in [0.15, 0.2) is 0 Å². The van der Waals surface area contributed by atoms with Gasteiger partial charge in [-0.15, -0.1) is 12.8 Å². The Hall–Kier alpha value is -7.19. The number of aliphatic hydroxyl groups is 4. The molecule has 468 valence electrons. The lowest BCUT2D eigenvalue weighted by Gasteiger charge is -2.34. The van der Waals surface area contributed by atoms with Crippen molar-refractivity contribution in [3.8, 4) is 190 Å². The smallest absolute Gasteiger partial charge is 0.305 e. The zero-order valence-electron chi connectivity index (χ0n) is 53.0. The van der Waals surface area contributed by atoms with E-state index in [0.717, 1.165) is 109 Å². The number of unbranched alkanes of at least 4 members (excludes halogenated alkanes) is 15. The van der Waals surface area contributed by atoms with Gasteiger partial charge in [-0.05, 0) is 224 Å². The number of aliphatic hydroxyl groups excluding tert-OH is 4. The van der Waals surface area contributed by atoms with E-state index in [4.69, 9.17) is 17.6 Å². The first-order valence-corrected chi connectivity index (χ1v) is 34.1. The molecule has 4 unspecified atom stereocenters. The fraction of sp³-hybridized carbons (Fsp3) is 0.571. The molecule has 1 fully saturated rings. The molecule has 0 bridgehead atoms. The molecule has 0 aromatic heterocycles. The molecule has 1 rings (SSSR count). The lowest BCUT2D eigenvalue weighted by atomic mass is 10.0. The van der Waals surface area contributed by atoms with Crippen LogP contribution >= 0.6 is 21.6 Å². The molecule has 4 N–H and O–H groups in total. The maximum Gasteiger partial charge on any atom is 0.305 e. The Balaban J connectivity index is 2.55. The van der Waals surface area contributed by atoms with E-state index in [-0.39, 0.29) is 19.1 Å². The van der Waals surface area contributed by atoms with E-state index in [2.05, 4.69) is 206 Å². The SMILES string of the molecule is C#CC#CC#CC#CC#CC#CC#CC#CC(O)CN(CCCCSSCCCN1CCN(CCOC(=O)CCCN(CC(O)CCCCCCCCCC)CC(O)CCCCCCCCCC)CC1)CC(O)C#CC#CC#CC#CC#CC#CC#CC#C. The number of hydrogen-bond acceptors (Lipinski definition) is 12. The quantitative estimate of drug-likeness (QED) is 0.0206. The van der Waals surface area contributed by atoms with Crippen molar-refractivity contribution in [2.45, 2.75) is 186 Å². The molecule has 0 saturated carbocycles. The molecule has 1 aliphatic rings. The molecular formula is C77H92N4O6S2. The van der Waals surface area contributed by atoms with Crippen molar-refractivity contribution in [3.05, 3.63) is 0 Å². The highest BCUT2D eigenvalue weighted by Crippen LogP contribution is 2.24. The fourth-order valence-electron chi connectivity index (χ4n) is 8.91. The summed E-state index contributed by atoms with van der Waals surface area (Å²) in [6.07, 6.45) is 32.2. The Bertz CT molecular complexity index is 2880. The molecule has 0 amide bonds.